The van der Waals surface area contributed by atoms with Crippen molar-refractivity contribution in [2.45, 2.75) is 0 Å². The summed E-state index contributed by atoms with van der Waals surface area (Å²) in [4.78, 5) is 16.8. The molecule has 0 saturated carbocycles. The van der Waals surface area contributed by atoms with Gasteiger partial charge < -0.3 is 15.1 Å². The molecule has 3 rings (SSSR count). The zero-order chi connectivity index (χ0) is 11.3. The Morgan fingerprint density at radius 3 is 2.75 bits per heavy atom. The van der Waals surface area contributed by atoms with Gasteiger partial charge in [-0.15, -0.1) is 0 Å². The van der Waals surface area contributed by atoms with Crippen LogP contribution in [0.1, 0.15) is 10.5 Å². The van der Waals surface area contributed by atoms with Crippen LogP contribution in [0.25, 0.3) is 21.9 Å². The Morgan fingerprint density at radius 2 is 2.00 bits per heavy atom. The largest absolute Gasteiger partial charge is 0.477 e. The van der Waals surface area contributed by atoms with Crippen LogP contribution in [0.4, 0.5) is 0 Å². The smallest absolute Gasteiger partial charge is 0.352 e. The van der Waals surface area contributed by atoms with Gasteiger partial charge in [-0.25, -0.2) is 4.79 Å². The summed E-state index contributed by atoms with van der Waals surface area (Å²) < 4.78 is 0. The standard InChI is InChI=1S/C11H7ClN2O2/c12-5-1-2-6-7(3-5)13-8-4-9(11(15)16)14-10(6)8/h1-4,13-14H,(H,15,16). The Bertz CT molecular complexity index is 711. The number of aromatic amines is 2. The molecule has 0 aliphatic carbocycles. The fraction of sp³-hybridized carbons (Fsp3) is 0. The first-order valence-corrected chi connectivity index (χ1v) is 5.06. The lowest BCUT2D eigenvalue weighted by atomic mass is 10.2. The topological polar surface area (TPSA) is 68.9 Å². The monoisotopic (exact) mass is 234 g/mol. The number of carbonyl (C=O) groups is 1. The maximum absolute atomic E-state index is 10.8. The van der Waals surface area contributed by atoms with Crippen LogP contribution >= 0.6 is 11.6 Å². The van der Waals surface area contributed by atoms with Gasteiger partial charge in [0.15, 0.2) is 0 Å². The highest BCUT2D eigenvalue weighted by atomic mass is 35.5. The van der Waals surface area contributed by atoms with Crippen LogP contribution in [-0.2, 0) is 0 Å². The fourth-order valence-corrected chi connectivity index (χ4v) is 2.04. The number of aromatic carboxylic acids is 1. The molecular weight excluding hydrogens is 228 g/mol. The first-order valence-electron chi connectivity index (χ1n) is 4.68. The van der Waals surface area contributed by atoms with Crippen molar-refractivity contribution in [3.05, 3.63) is 35.0 Å². The van der Waals surface area contributed by atoms with E-state index in [4.69, 9.17) is 16.7 Å². The third-order valence-electron chi connectivity index (χ3n) is 2.57. The molecule has 1 aromatic carbocycles. The number of hydrogen-bond donors (Lipinski definition) is 3. The normalized spacial score (nSPS) is 11.3. The van der Waals surface area contributed by atoms with Gasteiger partial charge in [0.05, 0.1) is 11.0 Å². The Hall–Kier alpha value is -1.94. The molecule has 2 aromatic heterocycles. The number of aromatic nitrogens is 2. The van der Waals surface area contributed by atoms with Gasteiger partial charge in [-0.1, -0.05) is 11.6 Å². The van der Waals surface area contributed by atoms with E-state index >= 15 is 0 Å². The quantitative estimate of drug-likeness (QED) is 0.606. The molecule has 0 aliphatic rings. The average molecular weight is 235 g/mol. The van der Waals surface area contributed by atoms with Crippen molar-refractivity contribution in [3.8, 4) is 0 Å². The summed E-state index contributed by atoms with van der Waals surface area (Å²) in [6.07, 6.45) is 0. The summed E-state index contributed by atoms with van der Waals surface area (Å²) in [5.41, 5.74) is 2.64. The van der Waals surface area contributed by atoms with Gasteiger partial charge in [-0.2, -0.15) is 0 Å². The second-order valence-corrected chi connectivity index (χ2v) is 4.03. The van der Waals surface area contributed by atoms with E-state index in [9.17, 15) is 4.79 Å². The van der Waals surface area contributed by atoms with Gasteiger partial charge >= 0.3 is 5.97 Å². The highest BCUT2D eigenvalue weighted by Gasteiger charge is 2.11. The number of halogens is 1. The number of benzene rings is 1. The van der Waals surface area contributed by atoms with Gasteiger partial charge in [0, 0.05) is 15.9 Å². The second-order valence-electron chi connectivity index (χ2n) is 3.59. The Morgan fingerprint density at radius 1 is 1.19 bits per heavy atom. The minimum absolute atomic E-state index is 0.179. The number of carboxylic acid groups (broad SMARTS) is 1. The number of carboxylic acids is 1. The molecule has 2 heterocycles. The number of fused-ring (bicyclic) bond motifs is 3. The van der Waals surface area contributed by atoms with Crippen LogP contribution in [0.15, 0.2) is 24.3 Å². The summed E-state index contributed by atoms with van der Waals surface area (Å²) in [6.45, 7) is 0. The molecule has 0 amide bonds. The molecule has 3 aromatic rings. The molecule has 0 fully saturated rings. The van der Waals surface area contributed by atoms with Crippen molar-refractivity contribution in [2.24, 2.45) is 0 Å². The van der Waals surface area contributed by atoms with E-state index in [2.05, 4.69) is 9.97 Å². The highest BCUT2D eigenvalue weighted by molar-refractivity contribution is 6.31. The van der Waals surface area contributed by atoms with Crippen molar-refractivity contribution >= 4 is 39.5 Å². The van der Waals surface area contributed by atoms with Gasteiger partial charge in [0.2, 0.25) is 0 Å². The van der Waals surface area contributed by atoms with E-state index in [1.54, 1.807) is 12.1 Å². The third kappa shape index (κ3) is 1.20. The first-order chi connectivity index (χ1) is 7.65. The van der Waals surface area contributed by atoms with E-state index in [0.717, 1.165) is 21.9 Å². The second kappa shape index (κ2) is 3.02. The zero-order valence-corrected chi connectivity index (χ0v) is 8.80. The van der Waals surface area contributed by atoms with Gasteiger partial charge in [-0.05, 0) is 24.3 Å². The molecular formula is C11H7ClN2O2. The van der Waals surface area contributed by atoms with Gasteiger partial charge in [0.1, 0.15) is 5.69 Å². The summed E-state index contributed by atoms with van der Waals surface area (Å²) >= 11 is 5.87. The Labute approximate surface area is 94.8 Å². The van der Waals surface area contributed by atoms with Crippen molar-refractivity contribution in [2.75, 3.05) is 0 Å². The predicted octanol–water partition coefficient (Wildman–Crippen LogP) is 3.00. The zero-order valence-electron chi connectivity index (χ0n) is 8.04. The van der Waals surface area contributed by atoms with Gasteiger partial charge in [-0.3, -0.25) is 0 Å². The molecule has 0 aliphatic heterocycles. The number of nitrogens with one attached hydrogen (secondary N) is 2. The molecule has 3 N–H and O–H groups in total. The maximum atomic E-state index is 10.8. The van der Waals surface area contributed by atoms with Gasteiger partial charge in [0.25, 0.3) is 0 Å². The van der Waals surface area contributed by atoms with Crippen molar-refractivity contribution in [1.29, 1.82) is 0 Å². The Balaban J connectivity index is 2.38. The van der Waals surface area contributed by atoms with Crippen molar-refractivity contribution in [3.63, 3.8) is 0 Å². The average Bonchev–Trinajstić information content (AvgIpc) is 2.73. The lowest BCUT2D eigenvalue weighted by Crippen LogP contribution is -1.95. The molecule has 4 nitrogen and oxygen atoms in total. The fourth-order valence-electron chi connectivity index (χ4n) is 1.86. The van der Waals surface area contributed by atoms with Crippen LogP contribution in [0.5, 0.6) is 0 Å². The molecule has 0 radical (unpaired) electrons. The lowest BCUT2D eigenvalue weighted by Gasteiger charge is -1.91. The molecule has 0 spiro atoms. The van der Waals surface area contributed by atoms with Crippen LogP contribution in [0.2, 0.25) is 5.02 Å². The minimum Gasteiger partial charge on any atom is -0.477 e. The Kier molecular flexibility index (Phi) is 1.76. The van der Waals surface area contributed by atoms with Crippen LogP contribution in [0.3, 0.4) is 0 Å². The molecule has 5 heteroatoms. The molecule has 80 valence electrons. The van der Waals surface area contributed by atoms with Crippen LogP contribution in [-0.4, -0.2) is 21.0 Å². The molecule has 16 heavy (non-hydrogen) atoms. The van der Waals surface area contributed by atoms with E-state index < -0.39 is 5.97 Å². The summed E-state index contributed by atoms with van der Waals surface area (Å²) in [6, 6.07) is 7.02. The predicted molar refractivity (Wildman–Crippen MR) is 62.1 cm³/mol. The summed E-state index contributed by atoms with van der Waals surface area (Å²) in [7, 11) is 0. The lowest BCUT2D eigenvalue weighted by molar-refractivity contribution is 0.0691. The minimum atomic E-state index is -0.966. The van der Waals surface area contributed by atoms with E-state index in [-0.39, 0.29) is 5.69 Å². The van der Waals surface area contributed by atoms with E-state index in [0.29, 0.717) is 5.02 Å². The molecule has 0 atom stereocenters. The highest BCUT2D eigenvalue weighted by Crippen LogP contribution is 2.27. The SMILES string of the molecule is O=C(O)c1cc2[nH]c3cc(Cl)ccc3c2[nH]1. The molecule has 0 saturated heterocycles. The van der Waals surface area contributed by atoms with E-state index in [1.807, 2.05) is 12.1 Å². The number of H-pyrrole nitrogens is 2. The van der Waals surface area contributed by atoms with Crippen LogP contribution < -0.4 is 0 Å². The summed E-state index contributed by atoms with van der Waals surface area (Å²) in [5, 5.41) is 10.4. The van der Waals surface area contributed by atoms with Crippen molar-refractivity contribution in [1.82, 2.24) is 9.97 Å². The summed E-state index contributed by atoms with van der Waals surface area (Å²) in [5.74, 6) is -0.966. The number of hydrogen-bond acceptors (Lipinski definition) is 1. The molecule has 0 unspecified atom stereocenters. The third-order valence-corrected chi connectivity index (χ3v) is 2.80. The van der Waals surface area contributed by atoms with Crippen molar-refractivity contribution < 1.29 is 9.90 Å². The maximum Gasteiger partial charge on any atom is 0.352 e. The molecule has 0 bridgehead atoms. The van der Waals surface area contributed by atoms with E-state index in [1.165, 1.54) is 0 Å². The number of rotatable bonds is 1. The van der Waals surface area contributed by atoms with Crippen LogP contribution in [0, 0.1) is 0 Å². The first kappa shape index (κ1) is 9.30.